The van der Waals surface area contributed by atoms with Gasteiger partial charge in [-0.2, -0.15) is 13.2 Å². The minimum Gasteiger partial charge on any atom is -0.295 e. The molecule has 0 spiro atoms. The number of ketones is 1. The van der Waals surface area contributed by atoms with Crippen LogP contribution in [-0.2, 0) is 11.0 Å². The molecular formula is C15H14F4O. The Morgan fingerprint density at radius 3 is 2.30 bits per heavy atom. The fourth-order valence-electron chi connectivity index (χ4n) is 2.47. The Balaban J connectivity index is 2.42. The Kier molecular flexibility index (Phi) is 3.48. The van der Waals surface area contributed by atoms with Gasteiger partial charge in [-0.1, -0.05) is 19.9 Å². The molecule has 0 amide bonds. The maximum Gasteiger partial charge on any atom is 0.416 e. The summed E-state index contributed by atoms with van der Waals surface area (Å²) in [5, 5.41) is 0. The molecule has 1 nitrogen and oxygen atoms in total. The molecule has 0 radical (unpaired) electrons. The Morgan fingerprint density at radius 2 is 1.80 bits per heavy atom. The highest BCUT2D eigenvalue weighted by molar-refractivity contribution is 5.99. The van der Waals surface area contributed by atoms with Crippen LogP contribution in [-0.4, -0.2) is 5.78 Å². The number of halogens is 4. The molecule has 1 aromatic carbocycles. The summed E-state index contributed by atoms with van der Waals surface area (Å²) < 4.78 is 51.4. The van der Waals surface area contributed by atoms with Gasteiger partial charge in [0.25, 0.3) is 0 Å². The van der Waals surface area contributed by atoms with E-state index in [0.717, 1.165) is 12.1 Å². The third-order valence-electron chi connectivity index (χ3n) is 3.30. The van der Waals surface area contributed by atoms with Crippen molar-refractivity contribution in [1.29, 1.82) is 0 Å². The number of benzene rings is 1. The van der Waals surface area contributed by atoms with Crippen molar-refractivity contribution < 1.29 is 22.4 Å². The average molecular weight is 286 g/mol. The first-order chi connectivity index (χ1) is 9.08. The van der Waals surface area contributed by atoms with E-state index in [2.05, 4.69) is 0 Å². The van der Waals surface area contributed by atoms with E-state index in [1.807, 2.05) is 13.8 Å². The molecule has 1 aliphatic carbocycles. The molecule has 0 atom stereocenters. The zero-order chi connectivity index (χ0) is 15.1. The van der Waals surface area contributed by atoms with Crippen LogP contribution in [0.25, 0.3) is 5.57 Å². The van der Waals surface area contributed by atoms with E-state index in [9.17, 15) is 22.4 Å². The van der Waals surface area contributed by atoms with Gasteiger partial charge in [-0.25, -0.2) is 4.39 Å². The molecule has 0 saturated carbocycles. The molecule has 1 aliphatic rings. The maximum absolute atomic E-state index is 13.9. The number of alkyl halides is 3. The molecule has 108 valence electrons. The molecule has 1 aromatic rings. The topological polar surface area (TPSA) is 17.1 Å². The van der Waals surface area contributed by atoms with Crippen molar-refractivity contribution in [2.24, 2.45) is 5.41 Å². The van der Waals surface area contributed by atoms with Crippen LogP contribution in [0.4, 0.5) is 17.6 Å². The van der Waals surface area contributed by atoms with Crippen LogP contribution in [0, 0.1) is 11.2 Å². The van der Waals surface area contributed by atoms with E-state index in [4.69, 9.17) is 0 Å². The summed E-state index contributed by atoms with van der Waals surface area (Å²) in [7, 11) is 0. The molecule has 0 heterocycles. The SMILES string of the molecule is CC1(C)CC(=O)C=C(c2ccc(C(F)(F)F)cc2F)C1. The average Bonchev–Trinajstić information content (AvgIpc) is 2.24. The predicted octanol–water partition coefficient (Wildman–Crippen LogP) is 4.62. The van der Waals surface area contributed by atoms with Crippen molar-refractivity contribution >= 4 is 11.4 Å². The largest absolute Gasteiger partial charge is 0.416 e. The summed E-state index contributed by atoms with van der Waals surface area (Å²) in [6, 6.07) is 2.41. The number of allylic oxidation sites excluding steroid dienone is 2. The van der Waals surface area contributed by atoms with Gasteiger partial charge in [0.1, 0.15) is 5.82 Å². The van der Waals surface area contributed by atoms with Gasteiger partial charge < -0.3 is 0 Å². The Bertz CT molecular complexity index is 582. The molecule has 0 unspecified atom stereocenters. The van der Waals surface area contributed by atoms with Crippen LogP contribution < -0.4 is 0 Å². The predicted molar refractivity (Wildman–Crippen MR) is 67.4 cm³/mol. The van der Waals surface area contributed by atoms with Crippen molar-refractivity contribution in [2.45, 2.75) is 32.9 Å². The lowest BCUT2D eigenvalue weighted by molar-refractivity contribution is -0.137. The molecule has 0 fully saturated rings. The molecule has 0 aliphatic heterocycles. The van der Waals surface area contributed by atoms with E-state index in [1.165, 1.54) is 6.08 Å². The fourth-order valence-corrected chi connectivity index (χ4v) is 2.47. The molecular weight excluding hydrogens is 272 g/mol. The maximum atomic E-state index is 13.9. The highest BCUT2D eigenvalue weighted by Crippen LogP contribution is 2.39. The Hall–Kier alpha value is -1.65. The number of hydrogen-bond acceptors (Lipinski definition) is 1. The number of carbonyl (C=O) groups excluding carboxylic acids is 1. The quantitative estimate of drug-likeness (QED) is 0.689. The summed E-state index contributed by atoms with van der Waals surface area (Å²) in [4.78, 5) is 11.6. The fraction of sp³-hybridized carbons (Fsp3) is 0.400. The molecule has 20 heavy (non-hydrogen) atoms. The lowest BCUT2D eigenvalue weighted by Gasteiger charge is -2.29. The van der Waals surface area contributed by atoms with Crippen molar-refractivity contribution in [2.75, 3.05) is 0 Å². The monoisotopic (exact) mass is 286 g/mol. The van der Waals surface area contributed by atoms with Crippen molar-refractivity contribution in [3.8, 4) is 0 Å². The van der Waals surface area contributed by atoms with Crippen molar-refractivity contribution in [3.63, 3.8) is 0 Å². The number of rotatable bonds is 1. The standard InChI is InChI=1S/C15H14F4O/c1-14(2)7-9(5-11(20)8-14)12-4-3-10(6-13(12)16)15(17,18)19/h3-6H,7-8H2,1-2H3. The molecule has 0 saturated heterocycles. The lowest BCUT2D eigenvalue weighted by atomic mass is 9.75. The van der Waals surface area contributed by atoms with Gasteiger partial charge in [0.05, 0.1) is 5.56 Å². The van der Waals surface area contributed by atoms with Gasteiger partial charge in [0.15, 0.2) is 5.78 Å². The molecule has 5 heteroatoms. The van der Waals surface area contributed by atoms with E-state index < -0.39 is 17.6 Å². The summed E-state index contributed by atoms with van der Waals surface area (Å²) in [5.74, 6) is -1.08. The summed E-state index contributed by atoms with van der Waals surface area (Å²) >= 11 is 0. The minimum atomic E-state index is -4.57. The van der Waals surface area contributed by atoms with Crippen LogP contribution in [0.3, 0.4) is 0 Å². The lowest BCUT2D eigenvalue weighted by Crippen LogP contribution is -2.21. The van der Waals surface area contributed by atoms with Crippen molar-refractivity contribution in [3.05, 3.63) is 41.2 Å². The molecule has 0 N–H and O–H groups in total. The smallest absolute Gasteiger partial charge is 0.295 e. The molecule has 2 rings (SSSR count). The van der Waals surface area contributed by atoms with Gasteiger partial charge in [-0.05, 0) is 35.6 Å². The second-order valence-corrected chi connectivity index (χ2v) is 5.85. The highest BCUT2D eigenvalue weighted by Gasteiger charge is 2.33. The Morgan fingerprint density at radius 1 is 1.15 bits per heavy atom. The highest BCUT2D eigenvalue weighted by atomic mass is 19.4. The second kappa shape index (κ2) is 4.72. The minimum absolute atomic E-state index is 0.0686. The van der Waals surface area contributed by atoms with Crippen LogP contribution in [0.2, 0.25) is 0 Å². The van der Waals surface area contributed by atoms with Gasteiger partial charge in [0.2, 0.25) is 0 Å². The molecule has 0 bridgehead atoms. The summed E-state index contributed by atoms with van der Waals surface area (Å²) in [6.45, 7) is 3.75. The third-order valence-corrected chi connectivity index (χ3v) is 3.30. The van der Waals surface area contributed by atoms with Crippen LogP contribution >= 0.6 is 0 Å². The van der Waals surface area contributed by atoms with E-state index >= 15 is 0 Å². The normalized spacial score (nSPS) is 18.9. The zero-order valence-corrected chi connectivity index (χ0v) is 11.1. The Labute approximate surface area is 114 Å². The van der Waals surface area contributed by atoms with E-state index in [0.29, 0.717) is 24.5 Å². The summed E-state index contributed by atoms with van der Waals surface area (Å²) in [6.07, 6.45) is -2.42. The van der Waals surface area contributed by atoms with Crippen LogP contribution in [0.5, 0.6) is 0 Å². The second-order valence-electron chi connectivity index (χ2n) is 5.85. The zero-order valence-electron chi connectivity index (χ0n) is 11.1. The van der Waals surface area contributed by atoms with Gasteiger partial charge in [0, 0.05) is 12.0 Å². The summed E-state index contributed by atoms with van der Waals surface area (Å²) in [5.41, 5.74) is -0.812. The molecule has 0 aromatic heterocycles. The third kappa shape index (κ3) is 3.08. The van der Waals surface area contributed by atoms with Crippen LogP contribution in [0.1, 0.15) is 37.8 Å². The first-order valence-corrected chi connectivity index (χ1v) is 6.19. The van der Waals surface area contributed by atoms with Crippen LogP contribution in [0.15, 0.2) is 24.3 Å². The number of hydrogen-bond donors (Lipinski definition) is 0. The first-order valence-electron chi connectivity index (χ1n) is 6.19. The van der Waals surface area contributed by atoms with Gasteiger partial charge >= 0.3 is 6.18 Å². The number of carbonyl (C=O) groups is 1. The van der Waals surface area contributed by atoms with Gasteiger partial charge in [-0.15, -0.1) is 0 Å². The van der Waals surface area contributed by atoms with E-state index in [-0.39, 0.29) is 16.8 Å². The van der Waals surface area contributed by atoms with E-state index in [1.54, 1.807) is 0 Å². The van der Waals surface area contributed by atoms with Crippen molar-refractivity contribution in [1.82, 2.24) is 0 Å². The first kappa shape index (κ1) is 14.8. The van der Waals surface area contributed by atoms with Gasteiger partial charge in [-0.3, -0.25) is 4.79 Å².